The Morgan fingerprint density at radius 3 is 1.36 bits per heavy atom. The summed E-state index contributed by atoms with van der Waals surface area (Å²) in [6, 6.07) is 6.33. The Kier molecular flexibility index (Phi) is 37.3. The predicted octanol–water partition coefficient (Wildman–Crippen LogP) is -4.27. The zero-order valence-electron chi connectivity index (χ0n) is 11.7. The van der Waals surface area contributed by atoms with Gasteiger partial charge in [0.25, 0.3) is 0 Å². The third-order valence-electron chi connectivity index (χ3n) is 1.74. The van der Waals surface area contributed by atoms with Gasteiger partial charge in [0.2, 0.25) is 0 Å². The van der Waals surface area contributed by atoms with Crippen LogP contribution in [0.15, 0.2) is 29.6 Å². The van der Waals surface area contributed by atoms with Crippen LogP contribution in [0.5, 0.6) is 0 Å². The van der Waals surface area contributed by atoms with Crippen molar-refractivity contribution in [2.24, 2.45) is 5.34 Å². The maximum Gasteiger partial charge on any atom is 4.00 e. The van der Waals surface area contributed by atoms with Crippen molar-refractivity contribution in [3.63, 3.8) is 0 Å². The third-order valence-corrected chi connectivity index (χ3v) is 1.74. The molecule has 0 aliphatic carbocycles. The molecule has 12 heteroatoms. The van der Waals surface area contributed by atoms with Crippen molar-refractivity contribution >= 4 is 11.9 Å². The molecule has 1 aromatic carbocycles. The molecular weight excluding hydrogens is 524 g/mol. The molecule has 0 aliphatic heterocycles. The van der Waals surface area contributed by atoms with Crippen LogP contribution < -0.4 is 37.1 Å². The summed E-state index contributed by atoms with van der Waals surface area (Å²) in [4.78, 5) is 30.6. The molecule has 0 amide bonds. The summed E-state index contributed by atoms with van der Waals surface area (Å²) in [5.74, 6) is -1.10. The van der Waals surface area contributed by atoms with Crippen LogP contribution in [0.1, 0.15) is 20.7 Å². The largest absolute Gasteiger partial charge is 4.00 e. The van der Waals surface area contributed by atoms with Crippen molar-refractivity contribution in [2.45, 2.75) is 0 Å². The summed E-state index contributed by atoms with van der Waals surface area (Å²) in [6.07, 6.45) is 0. The summed E-state index contributed by atoms with van der Waals surface area (Å²) in [6.45, 7) is 0. The summed E-state index contributed by atoms with van der Waals surface area (Å²) in [7, 11) is 2.52. The van der Waals surface area contributed by atoms with Gasteiger partial charge >= 0.3 is 33.0 Å². The van der Waals surface area contributed by atoms with E-state index in [1.165, 1.54) is 31.7 Å². The van der Waals surface area contributed by atoms with Gasteiger partial charge in [-0.25, -0.2) is 9.59 Å². The average Bonchev–Trinajstić information content (AvgIpc) is 2.37. The molecule has 0 spiro atoms. The minimum Gasteiger partial charge on any atom is -1.00 e. The Morgan fingerprint density at radius 2 is 1.18 bits per heavy atom. The average molecular weight is 541 g/mol. The second-order valence-corrected chi connectivity index (χ2v) is 2.61. The fourth-order valence-corrected chi connectivity index (χ4v) is 1.06. The van der Waals surface area contributed by atoms with E-state index in [0.717, 1.165) is 0 Å². The molecule has 0 aromatic heterocycles. The summed E-state index contributed by atoms with van der Waals surface area (Å²) < 4.78 is 9.05. The van der Waals surface area contributed by atoms with Crippen molar-refractivity contribution in [1.29, 1.82) is 0 Å². The Balaban J connectivity index is -0.0000000742. The smallest absolute Gasteiger partial charge is 1.00 e. The molecule has 0 radical (unpaired) electrons. The molecular formula is C10H17Cl2N3O6Pt+2. The van der Waals surface area contributed by atoms with Crippen LogP contribution >= 0.6 is 0 Å². The number of nitrogens with zero attached hydrogens (tertiary/aromatic N) is 1. The van der Waals surface area contributed by atoms with Gasteiger partial charge in [0, 0.05) is 0 Å². The van der Waals surface area contributed by atoms with Gasteiger partial charge < -0.3 is 51.8 Å². The van der Waals surface area contributed by atoms with E-state index >= 15 is 0 Å². The molecule has 0 heterocycles. The number of methoxy groups -OCH3 is 2. The van der Waals surface area contributed by atoms with Crippen molar-refractivity contribution in [3.05, 3.63) is 40.3 Å². The number of benzene rings is 1. The minimum absolute atomic E-state index is 0. The monoisotopic (exact) mass is 540 g/mol. The van der Waals surface area contributed by atoms with Crippen molar-refractivity contribution < 1.29 is 70.1 Å². The quantitative estimate of drug-likeness (QED) is 0.192. The van der Waals surface area contributed by atoms with Crippen LogP contribution in [-0.4, -0.2) is 31.4 Å². The Labute approximate surface area is 154 Å². The zero-order chi connectivity index (χ0) is 13.3. The SMILES string of the molecule is COC(=O)c1ccccc1C(=O)OC.N.N.O=NO.[Cl-].[Cl-].[Pt+4]. The van der Waals surface area contributed by atoms with Gasteiger partial charge in [-0.05, 0) is 12.1 Å². The van der Waals surface area contributed by atoms with Crippen LogP contribution in [0.3, 0.4) is 0 Å². The van der Waals surface area contributed by atoms with E-state index < -0.39 is 11.9 Å². The van der Waals surface area contributed by atoms with Gasteiger partial charge in [0.1, 0.15) is 0 Å². The summed E-state index contributed by atoms with van der Waals surface area (Å²) in [5, 5.41) is 7.89. The number of halogens is 2. The number of esters is 2. The number of ether oxygens (including phenoxy) is 2. The molecule has 1 rings (SSSR count). The minimum atomic E-state index is -0.550. The maximum absolute atomic E-state index is 11.2. The summed E-state index contributed by atoms with van der Waals surface area (Å²) >= 11 is 0. The van der Waals surface area contributed by atoms with Gasteiger partial charge in [-0.15, -0.1) is 4.91 Å². The molecule has 0 atom stereocenters. The van der Waals surface area contributed by atoms with Gasteiger partial charge in [-0.2, -0.15) is 0 Å². The molecule has 0 bridgehead atoms. The molecule has 9 nitrogen and oxygen atoms in total. The van der Waals surface area contributed by atoms with Crippen LogP contribution in [0.4, 0.5) is 0 Å². The second-order valence-electron chi connectivity index (χ2n) is 2.61. The topological polar surface area (TPSA) is 172 Å². The normalized spacial score (nSPS) is 6.45. The standard InChI is InChI=1S/C10H10O4.2ClH.HNO2.2H3N.Pt/c1-13-9(11)7-5-3-4-6-8(7)10(12)14-2;;;2-1-3;;;/h3-6H,1-2H3;2*1H;(H,2,3);2*1H3;/q;;;;;;+4/p-2. The van der Waals surface area contributed by atoms with E-state index in [4.69, 9.17) is 10.1 Å². The predicted molar refractivity (Wildman–Crippen MR) is 66.7 cm³/mol. The molecule has 22 heavy (non-hydrogen) atoms. The Bertz CT molecular complexity index is 390. The van der Waals surface area contributed by atoms with Crippen molar-refractivity contribution in [3.8, 4) is 0 Å². The molecule has 1 aromatic rings. The van der Waals surface area contributed by atoms with Crippen LogP contribution in [0.25, 0.3) is 0 Å². The first-order valence-corrected chi connectivity index (χ1v) is 4.34. The number of carbonyl (C=O) groups excluding carboxylic acids is 2. The molecule has 0 aliphatic rings. The van der Waals surface area contributed by atoms with Gasteiger partial charge in [-0.1, -0.05) is 12.1 Å². The number of hydrogen-bond donors (Lipinski definition) is 3. The van der Waals surface area contributed by atoms with E-state index in [-0.39, 0.29) is 69.3 Å². The fraction of sp³-hybridized carbons (Fsp3) is 0.200. The number of hydrogen-bond acceptors (Lipinski definition) is 8. The molecule has 0 saturated heterocycles. The Hall–Kier alpha value is -1.25. The molecule has 7 N–H and O–H groups in total. The molecule has 0 saturated carbocycles. The van der Waals surface area contributed by atoms with Crippen LogP contribution in [0.2, 0.25) is 0 Å². The van der Waals surface area contributed by atoms with Gasteiger partial charge in [0.15, 0.2) is 5.34 Å². The van der Waals surface area contributed by atoms with E-state index in [9.17, 15) is 9.59 Å². The zero-order valence-corrected chi connectivity index (χ0v) is 15.5. The van der Waals surface area contributed by atoms with E-state index in [1.54, 1.807) is 12.1 Å². The van der Waals surface area contributed by atoms with E-state index in [2.05, 4.69) is 9.47 Å². The van der Waals surface area contributed by atoms with Gasteiger partial charge in [-0.3, -0.25) is 0 Å². The van der Waals surface area contributed by atoms with Crippen LogP contribution in [0, 0.1) is 4.91 Å². The maximum atomic E-state index is 11.2. The molecule has 130 valence electrons. The summed E-state index contributed by atoms with van der Waals surface area (Å²) in [5.41, 5.74) is 0.420. The van der Waals surface area contributed by atoms with E-state index in [1.807, 2.05) is 0 Å². The first-order valence-electron chi connectivity index (χ1n) is 4.34. The Morgan fingerprint density at radius 1 is 0.955 bits per heavy atom. The molecule has 0 unspecified atom stereocenters. The first-order chi connectivity index (χ1) is 8.12. The fourth-order valence-electron chi connectivity index (χ4n) is 1.06. The third kappa shape index (κ3) is 12.5. The first kappa shape index (κ1) is 37.2. The second kappa shape index (κ2) is 22.0. The van der Waals surface area contributed by atoms with Crippen molar-refractivity contribution in [2.75, 3.05) is 14.2 Å². The number of carbonyl (C=O) groups is 2. The van der Waals surface area contributed by atoms with Crippen molar-refractivity contribution in [1.82, 2.24) is 12.3 Å². The van der Waals surface area contributed by atoms with Crippen LogP contribution in [-0.2, 0) is 30.5 Å². The van der Waals surface area contributed by atoms with E-state index in [0.29, 0.717) is 0 Å². The molecule has 0 fully saturated rings. The van der Waals surface area contributed by atoms with Gasteiger partial charge in [0.05, 0.1) is 25.3 Å². The number of rotatable bonds is 2.